The van der Waals surface area contributed by atoms with Gasteiger partial charge in [0.05, 0.1) is 6.20 Å². The lowest BCUT2D eigenvalue weighted by molar-refractivity contribution is 0.0946. The van der Waals surface area contributed by atoms with Crippen molar-refractivity contribution in [2.24, 2.45) is 0 Å². The molecule has 0 saturated carbocycles. The molecule has 0 atom stereocenters. The standard InChI is InChI=1S/C13H16N4O/c1-3-17-10(2)11(9-16-17)8-15-13(18)12-6-4-5-7-14-12/h4-7,9H,3,8H2,1-2H3,(H,15,18). The van der Waals surface area contributed by atoms with Crippen molar-refractivity contribution in [3.8, 4) is 0 Å². The molecule has 0 fully saturated rings. The fourth-order valence-corrected chi connectivity index (χ4v) is 1.74. The molecule has 2 aromatic heterocycles. The first-order valence-electron chi connectivity index (χ1n) is 5.93. The first kappa shape index (κ1) is 12.3. The first-order valence-corrected chi connectivity index (χ1v) is 5.93. The highest BCUT2D eigenvalue weighted by molar-refractivity contribution is 5.92. The van der Waals surface area contributed by atoms with Crippen molar-refractivity contribution in [1.82, 2.24) is 20.1 Å². The summed E-state index contributed by atoms with van der Waals surface area (Å²) in [6.07, 6.45) is 3.40. The molecule has 1 N–H and O–H groups in total. The zero-order chi connectivity index (χ0) is 13.0. The van der Waals surface area contributed by atoms with Crippen LogP contribution in [0.3, 0.4) is 0 Å². The van der Waals surface area contributed by atoms with E-state index in [9.17, 15) is 4.79 Å². The van der Waals surface area contributed by atoms with Gasteiger partial charge < -0.3 is 5.32 Å². The van der Waals surface area contributed by atoms with Crippen LogP contribution in [0.2, 0.25) is 0 Å². The summed E-state index contributed by atoms with van der Waals surface area (Å²) < 4.78 is 1.91. The molecule has 0 aliphatic carbocycles. The molecule has 0 aliphatic heterocycles. The van der Waals surface area contributed by atoms with E-state index in [4.69, 9.17) is 0 Å². The molecule has 2 aromatic rings. The maximum Gasteiger partial charge on any atom is 0.270 e. The summed E-state index contributed by atoms with van der Waals surface area (Å²) in [5.74, 6) is -0.167. The topological polar surface area (TPSA) is 59.8 Å². The predicted octanol–water partition coefficient (Wildman–Crippen LogP) is 1.54. The highest BCUT2D eigenvalue weighted by atomic mass is 16.1. The number of carbonyl (C=O) groups is 1. The van der Waals surface area contributed by atoms with Crippen molar-refractivity contribution >= 4 is 5.91 Å². The van der Waals surface area contributed by atoms with Crippen LogP contribution in [0.1, 0.15) is 28.7 Å². The number of rotatable bonds is 4. The van der Waals surface area contributed by atoms with E-state index in [1.165, 1.54) is 0 Å². The van der Waals surface area contributed by atoms with Gasteiger partial charge in [0, 0.05) is 30.5 Å². The van der Waals surface area contributed by atoms with E-state index in [0.717, 1.165) is 17.8 Å². The molecule has 2 rings (SSSR count). The Morgan fingerprint density at radius 2 is 2.28 bits per heavy atom. The van der Waals surface area contributed by atoms with Crippen molar-refractivity contribution in [3.05, 3.63) is 47.5 Å². The summed E-state index contributed by atoms with van der Waals surface area (Å²) in [5, 5.41) is 7.07. The van der Waals surface area contributed by atoms with Crippen LogP contribution in [0.5, 0.6) is 0 Å². The Hall–Kier alpha value is -2.17. The summed E-state index contributed by atoms with van der Waals surface area (Å²) >= 11 is 0. The normalized spacial score (nSPS) is 10.3. The van der Waals surface area contributed by atoms with Gasteiger partial charge in [0.25, 0.3) is 5.91 Å². The van der Waals surface area contributed by atoms with E-state index >= 15 is 0 Å². The van der Waals surface area contributed by atoms with Crippen molar-refractivity contribution in [2.75, 3.05) is 0 Å². The zero-order valence-electron chi connectivity index (χ0n) is 10.6. The van der Waals surface area contributed by atoms with Crippen molar-refractivity contribution < 1.29 is 4.79 Å². The Bertz CT molecular complexity index is 533. The van der Waals surface area contributed by atoms with Gasteiger partial charge in [0.15, 0.2) is 0 Å². The van der Waals surface area contributed by atoms with Crippen LogP contribution in [-0.4, -0.2) is 20.7 Å². The fraction of sp³-hybridized carbons (Fsp3) is 0.308. The molecule has 0 unspecified atom stereocenters. The molecule has 5 heteroatoms. The lowest BCUT2D eigenvalue weighted by atomic mass is 10.2. The Balaban J connectivity index is 2.00. The molecule has 1 amide bonds. The minimum Gasteiger partial charge on any atom is -0.346 e. The average Bonchev–Trinajstić information content (AvgIpc) is 2.77. The van der Waals surface area contributed by atoms with E-state index < -0.39 is 0 Å². The number of amides is 1. The molecule has 0 spiro atoms. The van der Waals surface area contributed by atoms with Crippen LogP contribution in [-0.2, 0) is 13.1 Å². The third-order valence-electron chi connectivity index (χ3n) is 2.84. The highest BCUT2D eigenvalue weighted by Gasteiger charge is 2.09. The van der Waals surface area contributed by atoms with Crippen molar-refractivity contribution in [3.63, 3.8) is 0 Å². The van der Waals surface area contributed by atoms with Crippen LogP contribution in [0, 0.1) is 6.92 Å². The number of nitrogens with zero attached hydrogens (tertiary/aromatic N) is 3. The Labute approximate surface area is 106 Å². The number of nitrogens with one attached hydrogen (secondary N) is 1. The minimum atomic E-state index is -0.167. The quantitative estimate of drug-likeness (QED) is 0.887. The van der Waals surface area contributed by atoms with Gasteiger partial charge in [-0.1, -0.05) is 6.07 Å². The zero-order valence-corrected chi connectivity index (χ0v) is 10.6. The van der Waals surface area contributed by atoms with E-state index in [2.05, 4.69) is 15.4 Å². The molecule has 5 nitrogen and oxygen atoms in total. The second kappa shape index (κ2) is 5.44. The molecule has 0 aromatic carbocycles. The molecule has 0 aliphatic rings. The number of hydrogen-bond acceptors (Lipinski definition) is 3. The maximum absolute atomic E-state index is 11.8. The second-order valence-electron chi connectivity index (χ2n) is 3.97. The van der Waals surface area contributed by atoms with Crippen LogP contribution in [0.15, 0.2) is 30.6 Å². The molecule has 0 radical (unpaired) electrons. The number of aromatic nitrogens is 3. The second-order valence-corrected chi connectivity index (χ2v) is 3.97. The summed E-state index contributed by atoms with van der Waals surface area (Å²) in [7, 11) is 0. The van der Waals surface area contributed by atoms with Gasteiger partial charge in [-0.2, -0.15) is 5.10 Å². The molecule has 0 bridgehead atoms. The Morgan fingerprint density at radius 1 is 1.44 bits per heavy atom. The SMILES string of the molecule is CCn1ncc(CNC(=O)c2ccccn2)c1C. The number of hydrogen-bond donors (Lipinski definition) is 1. The smallest absolute Gasteiger partial charge is 0.270 e. The van der Waals surface area contributed by atoms with Crippen LogP contribution in [0.4, 0.5) is 0 Å². The monoisotopic (exact) mass is 244 g/mol. The third kappa shape index (κ3) is 2.56. The van der Waals surface area contributed by atoms with Gasteiger partial charge >= 0.3 is 0 Å². The Morgan fingerprint density at radius 3 is 2.89 bits per heavy atom. The molecular formula is C13H16N4O. The average molecular weight is 244 g/mol. The lowest BCUT2D eigenvalue weighted by Gasteiger charge is -2.05. The Kier molecular flexibility index (Phi) is 3.72. The number of carbonyl (C=O) groups excluding carboxylic acids is 1. The maximum atomic E-state index is 11.8. The van der Waals surface area contributed by atoms with E-state index in [1.54, 1.807) is 30.6 Å². The molecule has 2 heterocycles. The summed E-state index contributed by atoms with van der Waals surface area (Å²) in [5.41, 5.74) is 2.54. The lowest BCUT2D eigenvalue weighted by Crippen LogP contribution is -2.23. The van der Waals surface area contributed by atoms with E-state index in [-0.39, 0.29) is 5.91 Å². The van der Waals surface area contributed by atoms with Gasteiger partial charge in [0.2, 0.25) is 0 Å². The van der Waals surface area contributed by atoms with E-state index in [1.807, 2.05) is 18.5 Å². The van der Waals surface area contributed by atoms with Gasteiger partial charge in [-0.05, 0) is 26.0 Å². The molecule has 18 heavy (non-hydrogen) atoms. The number of pyridine rings is 1. The van der Waals surface area contributed by atoms with E-state index in [0.29, 0.717) is 12.2 Å². The minimum absolute atomic E-state index is 0.167. The molecular weight excluding hydrogens is 228 g/mol. The van der Waals surface area contributed by atoms with Crippen molar-refractivity contribution in [1.29, 1.82) is 0 Å². The summed E-state index contributed by atoms with van der Waals surface area (Å²) in [4.78, 5) is 15.8. The van der Waals surface area contributed by atoms with Gasteiger partial charge in [-0.25, -0.2) is 0 Å². The van der Waals surface area contributed by atoms with Gasteiger partial charge in [-0.3, -0.25) is 14.5 Å². The number of aryl methyl sites for hydroxylation is 1. The predicted molar refractivity (Wildman–Crippen MR) is 68.0 cm³/mol. The summed E-state index contributed by atoms with van der Waals surface area (Å²) in [6, 6.07) is 5.27. The van der Waals surface area contributed by atoms with Crippen LogP contribution < -0.4 is 5.32 Å². The van der Waals surface area contributed by atoms with Crippen LogP contribution >= 0.6 is 0 Å². The molecule has 0 saturated heterocycles. The largest absolute Gasteiger partial charge is 0.346 e. The molecule has 94 valence electrons. The fourth-order valence-electron chi connectivity index (χ4n) is 1.74. The van der Waals surface area contributed by atoms with Gasteiger partial charge in [0.1, 0.15) is 5.69 Å². The third-order valence-corrected chi connectivity index (χ3v) is 2.84. The van der Waals surface area contributed by atoms with Gasteiger partial charge in [-0.15, -0.1) is 0 Å². The van der Waals surface area contributed by atoms with Crippen LogP contribution in [0.25, 0.3) is 0 Å². The summed E-state index contributed by atoms with van der Waals surface area (Å²) in [6.45, 7) is 5.34. The highest BCUT2D eigenvalue weighted by Crippen LogP contribution is 2.06. The first-order chi connectivity index (χ1) is 8.72. The van der Waals surface area contributed by atoms with Crippen molar-refractivity contribution in [2.45, 2.75) is 26.9 Å².